The van der Waals surface area contributed by atoms with Crippen LogP contribution in [0.4, 0.5) is 0 Å². The van der Waals surface area contributed by atoms with Gasteiger partial charge in [0.2, 0.25) is 0 Å². The first-order chi connectivity index (χ1) is 32.2. The molecule has 14 rings (SSSR count). The SMILES string of the molecule is c1ccc(-c2nc(-c3ccc4nc(-c5ccccc5)c5cc6c(cc5c4c3)C3(c4ccccc4O6)c4ccccc4-c4ccccc43)nc(-c3cccc4c3sc3ccccc34)n2)cc1. The summed E-state index contributed by atoms with van der Waals surface area (Å²) >= 11 is 1.78. The van der Waals surface area contributed by atoms with Crippen LogP contribution in [-0.4, -0.2) is 19.9 Å². The Labute approximate surface area is 378 Å². The molecule has 1 spiro atoms. The Morgan fingerprint density at radius 1 is 0.354 bits per heavy atom. The number of aromatic nitrogens is 4. The molecule has 0 radical (unpaired) electrons. The first-order valence-corrected chi connectivity index (χ1v) is 22.7. The molecule has 302 valence electrons. The molecule has 0 unspecified atom stereocenters. The average Bonchev–Trinajstić information content (AvgIpc) is 3.90. The molecule has 6 heteroatoms. The maximum atomic E-state index is 7.00. The summed E-state index contributed by atoms with van der Waals surface area (Å²) in [5.41, 5.74) is 12.2. The summed E-state index contributed by atoms with van der Waals surface area (Å²) in [6.45, 7) is 0. The van der Waals surface area contributed by atoms with E-state index >= 15 is 0 Å². The zero-order valence-electron chi connectivity index (χ0n) is 34.7. The summed E-state index contributed by atoms with van der Waals surface area (Å²) in [7, 11) is 0. The van der Waals surface area contributed by atoms with E-state index in [-0.39, 0.29) is 0 Å². The smallest absolute Gasteiger partial charge is 0.165 e. The summed E-state index contributed by atoms with van der Waals surface area (Å²) in [5, 5.41) is 5.52. The molecule has 12 aromatic rings. The molecule has 0 bridgehead atoms. The molecule has 9 aromatic carbocycles. The molecule has 0 saturated heterocycles. The number of hydrogen-bond donors (Lipinski definition) is 0. The fourth-order valence-electron chi connectivity index (χ4n) is 10.6. The Bertz CT molecular complexity index is 3890. The lowest BCUT2D eigenvalue weighted by molar-refractivity contribution is 0.437. The fraction of sp³-hybridized carbons (Fsp3) is 0.0169. The van der Waals surface area contributed by atoms with Crippen LogP contribution in [0.3, 0.4) is 0 Å². The molecule has 0 N–H and O–H groups in total. The van der Waals surface area contributed by atoms with Crippen molar-refractivity contribution in [1.82, 2.24) is 19.9 Å². The third-order valence-corrected chi connectivity index (χ3v) is 14.6. The number of hydrogen-bond acceptors (Lipinski definition) is 6. The van der Waals surface area contributed by atoms with Gasteiger partial charge in [0.1, 0.15) is 11.5 Å². The quantitative estimate of drug-likeness (QED) is 0.165. The number of pyridine rings is 1. The predicted octanol–water partition coefficient (Wildman–Crippen LogP) is 15.1. The molecule has 3 aromatic heterocycles. The highest BCUT2D eigenvalue weighted by Crippen LogP contribution is 2.62. The number of thiophene rings is 1. The van der Waals surface area contributed by atoms with Crippen molar-refractivity contribution in [2.45, 2.75) is 5.41 Å². The third kappa shape index (κ3) is 5.26. The number of fused-ring (bicyclic) bond motifs is 15. The van der Waals surface area contributed by atoms with Crippen LogP contribution < -0.4 is 4.74 Å². The maximum Gasteiger partial charge on any atom is 0.165 e. The molecule has 4 heterocycles. The van der Waals surface area contributed by atoms with Crippen molar-refractivity contribution in [3.8, 4) is 68.0 Å². The highest BCUT2D eigenvalue weighted by molar-refractivity contribution is 7.26. The van der Waals surface area contributed by atoms with Crippen molar-refractivity contribution in [2.24, 2.45) is 0 Å². The molecular weight excluding hydrogens is 813 g/mol. The monoisotopic (exact) mass is 846 g/mol. The van der Waals surface area contributed by atoms with E-state index in [4.69, 9.17) is 24.7 Å². The lowest BCUT2D eigenvalue weighted by atomic mass is 9.65. The predicted molar refractivity (Wildman–Crippen MR) is 265 cm³/mol. The zero-order valence-corrected chi connectivity index (χ0v) is 35.6. The van der Waals surface area contributed by atoms with Crippen molar-refractivity contribution in [1.29, 1.82) is 0 Å². The van der Waals surface area contributed by atoms with Crippen LogP contribution in [0.5, 0.6) is 11.5 Å². The van der Waals surface area contributed by atoms with Crippen LogP contribution in [0.15, 0.2) is 206 Å². The summed E-state index contributed by atoms with van der Waals surface area (Å²) in [6, 6.07) is 73.0. The van der Waals surface area contributed by atoms with E-state index in [1.807, 2.05) is 24.3 Å². The molecular formula is C59H34N4OS. The fourth-order valence-corrected chi connectivity index (χ4v) is 11.8. The number of ether oxygens (including phenoxy) is 1. The van der Waals surface area contributed by atoms with Crippen molar-refractivity contribution in [2.75, 3.05) is 0 Å². The van der Waals surface area contributed by atoms with Gasteiger partial charge in [-0.3, -0.25) is 0 Å². The Hall–Kier alpha value is -8.32. The van der Waals surface area contributed by atoms with Crippen LogP contribution in [0.25, 0.3) is 98.4 Å². The van der Waals surface area contributed by atoms with Gasteiger partial charge in [0.05, 0.1) is 16.6 Å². The first kappa shape index (κ1) is 36.2. The van der Waals surface area contributed by atoms with Gasteiger partial charge in [-0.1, -0.05) is 158 Å². The zero-order chi connectivity index (χ0) is 42.6. The second kappa shape index (κ2) is 13.8. The molecule has 5 nitrogen and oxygen atoms in total. The van der Waals surface area contributed by atoms with E-state index in [9.17, 15) is 0 Å². The number of benzene rings is 9. The highest BCUT2D eigenvalue weighted by atomic mass is 32.1. The van der Waals surface area contributed by atoms with Crippen LogP contribution >= 0.6 is 11.3 Å². The summed E-state index contributed by atoms with van der Waals surface area (Å²) in [6.07, 6.45) is 0. The van der Waals surface area contributed by atoms with Crippen LogP contribution in [-0.2, 0) is 5.41 Å². The van der Waals surface area contributed by atoms with E-state index < -0.39 is 5.41 Å². The second-order valence-electron chi connectivity index (χ2n) is 16.8. The Balaban J connectivity index is 1.05. The second-order valence-corrected chi connectivity index (χ2v) is 17.9. The third-order valence-electron chi connectivity index (χ3n) is 13.4. The lowest BCUT2D eigenvalue weighted by Crippen LogP contribution is -2.32. The highest BCUT2D eigenvalue weighted by Gasteiger charge is 2.51. The van der Waals surface area contributed by atoms with E-state index in [0.717, 1.165) is 76.9 Å². The number of para-hydroxylation sites is 1. The molecule has 2 aliphatic rings. The summed E-state index contributed by atoms with van der Waals surface area (Å²) in [4.78, 5) is 21.2. The van der Waals surface area contributed by atoms with Gasteiger partial charge < -0.3 is 4.74 Å². The van der Waals surface area contributed by atoms with E-state index in [0.29, 0.717) is 17.5 Å². The molecule has 65 heavy (non-hydrogen) atoms. The van der Waals surface area contributed by atoms with Crippen molar-refractivity contribution in [3.63, 3.8) is 0 Å². The number of nitrogens with zero attached hydrogens (tertiary/aromatic N) is 4. The maximum absolute atomic E-state index is 7.00. The summed E-state index contributed by atoms with van der Waals surface area (Å²) < 4.78 is 9.40. The van der Waals surface area contributed by atoms with E-state index in [1.54, 1.807) is 11.3 Å². The minimum Gasteiger partial charge on any atom is -0.457 e. The standard InChI is InChI=1S/C59H34N4OS/c1-3-16-35(17-4-1)54-45-34-52-49(59(48-27-12-13-28-51(48)64-52)46-25-10-7-20-38(46)39-21-8-11-26-47(39)59)33-43(45)44-32-37(30-31-50(44)60-54)57-61-56(36-18-5-2-6-19-36)62-58(63-57)42-24-15-23-41-40-22-9-14-29-53(40)65-55(41)42/h1-34H. The molecule has 0 amide bonds. The van der Waals surface area contributed by atoms with E-state index in [1.165, 1.54) is 37.7 Å². The van der Waals surface area contributed by atoms with Gasteiger partial charge in [-0.05, 0) is 76.2 Å². The van der Waals surface area contributed by atoms with Gasteiger partial charge in [-0.2, -0.15) is 0 Å². The minimum absolute atomic E-state index is 0.597. The lowest BCUT2D eigenvalue weighted by Gasteiger charge is -2.39. The van der Waals surface area contributed by atoms with Crippen molar-refractivity contribution < 1.29 is 4.74 Å². The molecule has 0 fully saturated rings. The molecule has 1 aliphatic carbocycles. The Morgan fingerprint density at radius 3 is 1.75 bits per heavy atom. The summed E-state index contributed by atoms with van der Waals surface area (Å²) in [5.74, 6) is 3.53. The van der Waals surface area contributed by atoms with Crippen LogP contribution in [0, 0.1) is 0 Å². The van der Waals surface area contributed by atoms with Gasteiger partial charge >= 0.3 is 0 Å². The minimum atomic E-state index is -0.618. The normalized spacial score (nSPS) is 13.2. The average molecular weight is 847 g/mol. The van der Waals surface area contributed by atoms with Gasteiger partial charge in [0.15, 0.2) is 17.5 Å². The topological polar surface area (TPSA) is 60.8 Å². The molecule has 1 aliphatic heterocycles. The van der Waals surface area contributed by atoms with Crippen molar-refractivity contribution >= 4 is 53.2 Å². The van der Waals surface area contributed by atoms with Gasteiger partial charge in [0.25, 0.3) is 0 Å². The van der Waals surface area contributed by atoms with E-state index in [2.05, 4.69) is 182 Å². The van der Waals surface area contributed by atoms with Crippen LogP contribution in [0.2, 0.25) is 0 Å². The number of rotatable bonds is 4. The van der Waals surface area contributed by atoms with Gasteiger partial charge in [-0.15, -0.1) is 11.3 Å². The Morgan fingerprint density at radius 2 is 0.969 bits per heavy atom. The molecule has 0 saturated carbocycles. The molecule has 0 atom stereocenters. The van der Waals surface area contributed by atoms with Gasteiger partial charge in [-0.25, -0.2) is 19.9 Å². The van der Waals surface area contributed by atoms with Crippen molar-refractivity contribution in [3.05, 3.63) is 229 Å². The van der Waals surface area contributed by atoms with Crippen LogP contribution in [0.1, 0.15) is 22.3 Å². The first-order valence-electron chi connectivity index (χ1n) is 21.9. The Kier molecular flexibility index (Phi) is 7.71. The largest absolute Gasteiger partial charge is 0.457 e. The van der Waals surface area contributed by atoms with Gasteiger partial charge in [0, 0.05) is 64.3 Å².